The zero-order valence-electron chi connectivity index (χ0n) is 34.5. The standard InChI is InChI=1S/C38H34NS.C13H24O2.Ir/c1-24-31-19-20-39-35(30-22-29-7-5-6-8-32(29)34(23-30)38(2,3)4)37(31)40-36(24)33-21-27-14-13-25-9-11-26(12-10-25)15-17-28(33)18-16-27;1-5-10(6-2)12(14)9-13(15)11(7-3)8-4;/h5-12,16,18-21,23H,13-15,17H2,1-4H3;9-11,14H,5-8H2,1-4H3;/q-1;;/b;12-9-;. The monoisotopic (exact) mass is 941 g/mol. The van der Waals surface area contributed by atoms with Crippen LogP contribution >= 0.6 is 11.3 Å². The summed E-state index contributed by atoms with van der Waals surface area (Å²) in [5, 5.41) is 13.5. The van der Waals surface area contributed by atoms with Crippen LogP contribution in [0.25, 0.3) is 42.6 Å². The van der Waals surface area contributed by atoms with Crippen molar-refractivity contribution >= 4 is 38.0 Å². The fourth-order valence-corrected chi connectivity index (χ4v) is 9.36. The summed E-state index contributed by atoms with van der Waals surface area (Å²) in [7, 11) is 0. The van der Waals surface area contributed by atoms with E-state index < -0.39 is 0 Å². The smallest absolute Gasteiger partial charge is 0.162 e. The van der Waals surface area contributed by atoms with Crippen molar-refractivity contribution in [2.45, 2.75) is 112 Å². The van der Waals surface area contributed by atoms with E-state index in [1.165, 1.54) is 65.4 Å². The number of fused-ring (bicyclic) bond motifs is 2. The maximum Gasteiger partial charge on any atom is 0.162 e. The molecule has 4 bridgehead atoms. The van der Waals surface area contributed by atoms with Gasteiger partial charge in [0.05, 0.1) is 5.76 Å². The van der Waals surface area contributed by atoms with E-state index in [2.05, 4.69) is 113 Å². The van der Waals surface area contributed by atoms with Crippen molar-refractivity contribution in [2.24, 2.45) is 11.8 Å². The van der Waals surface area contributed by atoms with Gasteiger partial charge >= 0.3 is 0 Å². The number of thiophene rings is 1. The van der Waals surface area contributed by atoms with Crippen molar-refractivity contribution in [1.82, 2.24) is 4.98 Å². The first-order valence-electron chi connectivity index (χ1n) is 20.4. The molecule has 1 radical (unpaired) electrons. The SMILES string of the molecule is CCC(CC)C(=O)/C=C(\O)C(CC)CC.Cc1c(-c2cc3ccc2CCc2ccc(cc2)CC3)sc2c(-c3[c-]c4ccccc4c(C(C)(C)C)c3)nccc12.[Ir]. The van der Waals surface area contributed by atoms with Crippen LogP contribution in [0.2, 0.25) is 0 Å². The van der Waals surface area contributed by atoms with Crippen molar-refractivity contribution in [3.8, 4) is 21.7 Å². The second-order valence-corrected chi connectivity index (χ2v) is 17.3. The van der Waals surface area contributed by atoms with Gasteiger partial charge in [0.15, 0.2) is 5.78 Å². The van der Waals surface area contributed by atoms with Gasteiger partial charge in [0.1, 0.15) is 0 Å². The Morgan fingerprint density at radius 3 is 2.05 bits per heavy atom. The Hall–Kier alpha value is -3.89. The van der Waals surface area contributed by atoms with Gasteiger partial charge in [-0.3, -0.25) is 9.78 Å². The fraction of sp³-hybridized carbons (Fsp3) is 0.373. The molecule has 0 fully saturated rings. The van der Waals surface area contributed by atoms with Gasteiger partial charge in [-0.1, -0.05) is 120 Å². The number of nitrogens with zero attached hydrogens (tertiary/aromatic N) is 1. The normalized spacial score (nSPS) is 13.1. The van der Waals surface area contributed by atoms with Gasteiger partial charge in [-0.25, -0.2) is 0 Å². The Bertz CT molecular complexity index is 2300. The molecule has 6 aromatic rings. The molecule has 56 heavy (non-hydrogen) atoms. The zero-order valence-corrected chi connectivity index (χ0v) is 37.7. The number of hydrogen-bond acceptors (Lipinski definition) is 4. The summed E-state index contributed by atoms with van der Waals surface area (Å²) < 4.78 is 1.26. The topological polar surface area (TPSA) is 50.2 Å². The van der Waals surface area contributed by atoms with E-state index in [9.17, 15) is 9.90 Å². The van der Waals surface area contributed by atoms with E-state index in [0.717, 1.165) is 68.0 Å². The molecule has 0 saturated carbocycles. The molecule has 1 N–H and O–H groups in total. The minimum absolute atomic E-state index is 0. The number of aromatic nitrogens is 1. The van der Waals surface area contributed by atoms with Crippen LogP contribution in [-0.2, 0) is 56.0 Å². The quantitative estimate of drug-likeness (QED) is 0.0893. The molecule has 0 aliphatic heterocycles. The number of carbonyl (C=O) groups excluding carboxylic acids is 1. The number of pyridine rings is 1. The first-order chi connectivity index (χ1) is 26.4. The van der Waals surface area contributed by atoms with Crippen molar-refractivity contribution in [3.05, 3.63) is 136 Å². The molecule has 0 saturated heterocycles. The maximum atomic E-state index is 11.7. The predicted molar refractivity (Wildman–Crippen MR) is 235 cm³/mol. The first-order valence-corrected chi connectivity index (χ1v) is 21.3. The molecule has 0 unspecified atom stereocenters. The van der Waals surface area contributed by atoms with Crippen molar-refractivity contribution in [1.29, 1.82) is 0 Å². The van der Waals surface area contributed by atoms with Crippen LogP contribution in [0.5, 0.6) is 0 Å². The second kappa shape index (κ2) is 19.0. The van der Waals surface area contributed by atoms with Gasteiger partial charge in [-0.15, -0.1) is 40.5 Å². The summed E-state index contributed by atoms with van der Waals surface area (Å²) in [5.41, 5.74) is 11.9. The van der Waals surface area contributed by atoms with Crippen LogP contribution in [0.15, 0.2) is 96.9 Å². The average molecular weight is 941 g/mol. The van der Waals surface area contributed by atoms with Gasteiger partial charge in [0.2, 0.25) is 0 Å². The molecule has 0 spiro atoms. The van der Waals surface area contributed by atoms with Crippen LogP contribution in [0.1, 0.15) is 108 Å². The van der Waals surface area contributed by atoms with E-state index in [1.807, 2.05) is 45.2 Å². The minimum Gasteiger partial charge on any atom is -0.512 e. The molecule has 3 nitrogen and oxygen atoms in total. The fourth-order valence-electron chi connectivity index (χ4n) is 8.00. The Balaban J connectivity index is 0.000000322. The number of carbonyl (C=O) groups is 1. The Labute approximate surface area is 353 Å². The molecule has 4 aromatic carbocycles. The molecule has 5 heteroatoms. The number of ketones is 1. The van der Waals surface area contributed by atoms with E-state index in [1.54, 1.807) is 0 Å². The Morgan fingerprint density at radius 1 is 0.804 bits per heavy atom. The molecule has 0 amide bonds. The third kappa shape index (κ3) is 9.62. The van der Waals surface area contributed by atoms with Crippen LogP contribution in [0.3, 0.4) is 0 Å². The van der Waals surface area contributed by atoms with Crippen LogP contribution in [0.4, 0.5) is 0 Å². The van der Waals surface area contributed by atoms with Gasteiger partial charge in [0.25, 0.3) is 0 Å². The molecule has 4 aliphatic carbocycles. The van der Waals surface area contributed by atoms with Crippen LogP contribution < -0.4 is 0 Å². The molecule has 2 heterocycles. The Kier molecular flexibility index (Phi) is 14.7. The number of aliphatic hydroxyl groups excluding tert-OH is 1. The van der Waals surface area contributed by atoms with Gasteiger partial charge in [-0.05, 0) is 109 Å². The minimum atomic E-state index is 0. The van der Waals surface area contributed by atoms with Crippen LogP contribution in [0, 0.1) is 24.8 Å². The molecule has 2 aromatic heterocycles. The van der Waals surface area contributed by atoms with Gasteiger partial charge in [0, 0.05) is 59.5 Å². The number of benzene rings is 4. The third-order valence-corrected chi connectivity index (χ3v) is 12.9. The van der Waals surface area contributed by atoms with E-state index in [0.29, 0.717) is 0 Å². The molecule has 295 valence electrons. The number of rotatable bonds is 9. The van der Waals surface area contributed by atoms with Crippen molar-refractivity contribution in [2.75, 3.05) is 0 Å². The summed E-state index contributed by atoms with van der Waals surface area (Å²) >= 11 is 1.90. The Morgan fingerprint density at radius 2 is 1.41 bits per heavy atom. The summed E-state index contributed by atoms with van der Waals surface area (Å²) in [6.07, 6.45) is 11.1. The van der Waals surface area contributed by atoms with E-state index >= 15 is 0 Å². The molecule has 10 rings (SSSR count). The van der Waals surface area contributed by atoms with E-state index in [-0.39, 0.29) is 48.9 Å². The number of aliphatic hydroxyl groups is 1. The van der Waals surface area contributed by atoms with Gasteiger partial charge < -0.3 is 5.11 Å². The number of hydrogen-bond donors (Lipinski definition) is 1. The average Bonchev–Trinajstić information content (AvgIpc) is 3.52. The number of allylic oxidation sites excluding steroid dienone is 2. The second-order valence-electron chi connectivity index (χ2n) is 16.3. The zero-order chi connectivity index (χ0) is 39.3. The number of aryl methyl sites for hydroxylation is 5. The van der Waals surface area contributed by atoms with Crippen molar-refractivity contribution < 1.29 is 30.0 Å². The summed E-state index contributed by atoms with van der Waals surface area (Å²) in [6, 6.07) is 33.3. The summed E-state index contributed by atoms with van der Waals surface area (Å²) in [5.74, 6) is 0.547. The molecular formula is C51H58IrNO2S-. The van der Waals surface area contributed by atoms with Gasteiger partial charge in [-0.2, -0.15) is 0 Å². The first kappa shape index (κ1) is 43.2. The van der Waals surface area contributed by atoms with E-state index in [4.69, 9.17) is 4.98 Å². The van der Waals surface area contributed by atoms with Crippen molar-refractivity contribution in [3.63, 3.8) is 0 Å². The molecule has 0 atom stereocenters. The summed E-state index contributed by atoms with van der Waals surface area (Å²) in [4.78, 5) is 18.1. The largest absolute Gasteiger partial charge is 0.512 e. The summed E-state index contributed by atoms with van der Waals surface area (Å²) in [6.45, 7) is 17.2. The third-order valence-electron chi connectivity index (χ3n) is 11.6. The van der Waals surface area contributed by atoms with Crippen LogP contribution in [-0.4, -0.2) is 15.9 Å². The molecule has 4 aliphatic rings. The predicted octanol–water partition coefficient (Wildman–Crippen LogP) is 13.9. The maximum absolute atomic E-state index is 11.7. The molecular weight excluding hydrogens is 883 g/mol.